The SMILES string of the molecule is FC(F)C(F)(F)C(F)(F)C(F)(F)[CH2][Na].O=C(O)CCC(=O)O. The second kappa shape index (κ2) is 8.87. The van der Waals surface area contributed by atoms with E-state index in [9.17, 15) is 44.7 Å². The number of hydrogen-bond donors (Lipinski definition) is 2. The van der Waals surface area contributed by atoms with Gasteiger partial charge in [-0.3, -0.25) is 9.59 Å². The number of carboxylic acid groups (broad SMARTS) is 2. The predicted octanol–water partition coefficient (Wildman–Crippen LogP) is 2.68. The first-order valence-corrected chi connectivity index (χ1v) is 6.90. The Bertz CT molecular complexity index is 374. The number of carbonyl (C=O) groups is 2. The Hall–Kier alpha value is -0.620. The molecule has 0 heterocycles. The molecule has 0 fully saturated rings. The molecule has 0 saturated heterocycles. The predicted molar refractivity (Wildman–Crippen MR) is 55.9 cm³/mol. The van der Waals surface area contributed by atoms with Crippen LogP contribution in [-0.4, -0.2) is 74.3 Å². The van der Waals surface area contributed by atoms with Gasteiger partial charge in [-0.25, -0.2) is 0 Å². The van der Waals surface area contributed by atoms with E-state index < -0.39 is 67.7 Å². The van der Waals surface area contributed by atoms with Gasteiger partial charge in [-0.2, -0.15) is 0 Å². The fraction of sp³-hybridized carbons (Fsp3) is 0.778. The maximum absolute atomic E-state index is 12.3. The maximum Gasteiger partial charge on any atom is 0.303 e. The van der Waals surface area contributed by atoms with Crippen LogP contribution in [0.4, 0.5) is 35.1 Å². The van der Waals surface area contributed by atoms with Gasteiger partial charge in [0.15, 0.2) is 0 Å². The van der Waals surface area contributed by atoms with E-state index in [2.05, 4.69) is 0 Å². The van der Waals surface area contributed by atoms with Crippen molar-refractivity contribution in [2.75, 3.05) is 0 Å². The molecule has 0 aromatic carbocycles. The zero-order chi connectivity index (χ0) is 18.4. The van der Waals surface area contributed by atoms with Gasteiger partial charge in [-0.15, -0.1) is 0 Å². The van der Waals surface area contributed by atoms with Crippen LogP contribution in [0.5, 0.6) is 0 Å². The van der Waals surface area contributed by atoms with Crippen molar-refractivity contribution in [1.29, 1.82) is 0 Å². The third-order valence-electron chi connectivity index (χ3n) is 2.15. The smallest absolute Gasteiger partial charge is 0.303 e. The second-order valence-corrected chi connectivity index (χ2v) is 4.55. The fourth-order valence-electron chi connectivity index (χ4n) is 0.817. The van der Waals surface area contributed by atoms with Crippen LogP contribution >= 0.6 is 0 Å². The standard InChI is InChI=1S/C5H3F8.C4H6O4.Na/c1-3(8,9)5(12,13)4(10,11)2(6)7;5-3(6)1-2-4(7)8;/h2H,1H2;1-2H2,(H,5,6)(H,7,8);. The van der Waals surface area contributed by atoms with Crippen LogP contribution in [0.15, 0.2) is 0 Å². The van der Waals surface area contributed by atoms with Crippen molar-refractivity contribution in [1.82, 2.24) is 0 Å². The molecule has 22 heavy (non-hydrogen) atoms. The first-order valence-electron chi connectivity index (χ1n) is 5.48. The summed E-state index contributed by atoms with van der Waals surface area (Å²) in [4.78, 5) is 19.3. The minimum atomic E-state index is -6.02. The summed E-state index contributed by atoms with van der Waals surface area (Å²) in [5.74, 6) is -19.3. The van der Waals surface area contributed by atoms with Crippen molar-refractivity contribution in [3.8, 4) is 0 Å². The first kappa shape index (κ1) is 23.6. The molecule has 2 N–H and O–H groups in total. The first-order chi connectivity index (χ1) is 9.63. The van der Waals surface area contributed by atoms with Crippen molar-refractivity contribution >= 4 is 39.9 Å². The molecule has 0 rings (SSSR count). The molecule has 0 spiro atoms. The van der Waals surface area contributed by atoms with Gasteiger partial charge in [-0.1, -0.05) is 0 Å². The molecule has 0 amide bonds. The molecule has 0 aromatic rings. The molecule has 0 radical (unpaired) electrons. The minimum Gasteiger partial charge on any atom is -0.481 e. The van der Waals surface area contributed by atoms with Gasteiger partial charge >= 0.3 is 103 Å². The van der Waals surface area contributed by atoms with Gasteiger partial charge in [0.25, 0.3) is 0 Å². The monoisotopic (exact) mass is 356 g/mol. The summed E-state index contributed by atoms with van der Waals surface area (Å²) in [6.07, 6.45) is -5.42. The van der Waals surface area contributed by atoms with E-state index in [4.69, 9.17) is 10.2 Å². The van der Waals surface area contributed by atoms with Gasteiger partial charge < -0.3 is 10.2 Å². The third-order valence-corrected chi connectivity index (χ3v) is 3.04. The van der Waals surface area contributed by atoms with Crippen LogP contribution in [-0.2, 0) is 9.59 Å². The van der Waals surface area contributed by atoms with Gasteiger partial charge in [0.2, 0.25) is 0 Å². The molecular formula is C9H9F8NaO4. The summed E-state index contributed by atoms with van der Waals surface area (Å²) in [6, 6.07) is 0. The van der Waals surface area contributed by atoms with E-state index in [-0.39, 0.29) is 12.8 Å². The Morgan fingerprint density at radius 2 is 1.23 bits per heavy atom. The summed E-state index contributed by atoms with van der Waals surface area (Å²) in [6.45, 7) is 0. The molecule has 0 saturated carbocycles. The zero-order valence-corrected chi connectivity index (χ0v) is 12.9. The summed E-state index contributed by atoms with van der Waals surface area (Å²) in [7, 11) is 0. The average Bonchev–Trinajstić information content (AvgIpc) is 2.36. The Balaban J connectivity index is 0. The van der Waals surface area contributed by atoms with Crippen molar-refractivity contribution in [2.45, 2.75) is 40.7 Å². The van der Waals surface area contributed by atoms with Crippen LogP contribution in [0, 0.1) is 0 Å². The largest absolute Gasteiger partial charge is 0.481 e. The normalized spacial score (nSPS) is 12.7. The summed E-state index contributed by atoms with van der Waals surface area (Å²) in [5, 5.41) is 15.8. The van der Waals surface area contributed by atoms with E-state index in [1.165, 1.54) is 0 Å². The molecule has 0 aliphatic carbocycles. The number of aliphatic carboxylic acids is 2. The Morgan fingerprint density at radius 3 is 1.41 bits per heavy atom. The van der Waals surface area contributed by atoms with E-state index in [0.717, 1.165) is 0 Å². The molecule has 0 unspecified atom stereocenters. The van der Waals surface area contributed by atoms with Crippen LogP contribution in [0.1, 0.15) is 12.8 Å². The Labute approximate surface area is 135 Å². The molecule has 4 nitrogen and oxygen atoms in total. The van der Waals surface area contributed by atoms with Crippen molar-refractivity contribution in [3.63, 3.8) is 0 Å². The zero-order valence-electron chi connectivity index (χ0n) is 10.9. The number of halogens is 8. The summed E-state index contributed by atoms with van der Waals surface area (Å²) < 4.78 is 94.5. The summed E-state index contributed by atoms with van der Waals surface area (Å²) >= 11 is -0.500. The van der Waals surface area contributed by atoms with Crippen LogP contribution in [0.3, 0.4) is 0 Å². The van der Waals surface area contributed by atoms with E-state index in [0.29, 0.717) is 0 Å². The Morgan fingerprint density at radius 1 is 0.909 bits per heavy atom. The number of rotatable bonds is 7. The van der Waals surface area contributed by atoms with Gasteiger partial charge in [-0.05, 0) is 0 Å². The molecule has 0 bridgehead atoms. The fourth-order valence-corrected chi connectivity index (χ4v) is 1.26. The van der Waals surface area contributed by atoms with E-state index in [1.807, 2.05) is 0 Å². The molecule has 126 valence electrons. The van der Waals surface area contributed by atoms with Crippen molar-refractivity contribution in [3.05, 3.63) is 0 Å². The number of hydrogen-bond acceptors (Lipinski definition) is 2. The van der Waals surface area contributed by atoms with Crippen LogP contribution in [0.25, 0.3) is 0 Å². The van der Waals surface area contributed by atoms with E-state index in [1.54, 1.807) is 0 Å². The molecule has 0 aliphatic rings. The van der Waals surface area contributed by atoms with Gasteiger partial charge in [0.1, 0.15) is 0 Å². The Kier molecular flexibility index (Phi) is 9.53. The average molecular weight is 356 g/mol. The minimum absolute atomic E-state index is 0.296. The maximum atomic E-state index is 12.3. The third kappa shape index (κ3) is 6.65. The molecule has 13 heteroatoms. The van der Waals surface area contributed by atoms with Crippen LogP contribution < -0.4 is 0 Å². The summed E-state index contributed by atoms with van der Waals surface area (Å²) in [5.41, 5.74) is 0. The van der Waals surface area contributed by atoms with Gasteiger partial charge in [0.05, 0.1) is 12.8 Å². The molecule has 0 aliphatic heterocycles. The second-order valence-electron chi connectivity index (χ2n) is 3.84. The number of carboxylic acids is 2. The van der Waals surface area contributed by atoms with Gasteiger partial charge in [0, 0.05) is 0 Å². The quantitative estimate of drug-likeness (QED) is 0.543. The topological polar surface area (TPSA) is 74.6 Å². The van der Waals surface area contributed by atoms with Crippen molar-refractivity contribution < 1.29 is 54.9 Å². The molecular weight excluding hydrogens is 347 g/mol. The molecule has 0 aromatic heterocycles. The molecule has 0 atom stereocenters. The van der Waals surface area contributed by atoms with E-state index >= 15 is 0 Å². The van der Waals surface area contributed by atoms with Crippen LogP contribution in [0.2, 0.25) is 3.67 Å². The van der Waals surface area contributed by atoms with Crippen molar-refractivity contribution in [2.24, 2.45) is 0 Å². The number of alkyl halides is 8.